The maximum atomic E-state index is 12.5. The first-order valence-electron chi connectivity index (χ1n) is 9.32. The van der Waals surface area contributed by atoms with Crippen molar-refractivity contribution in [1.29, 1.82) is 5.26 Å². The van der Waals surface area contributed by atoms with Crippen LogP contribution in [0.4, 0.5) is 5.69 Å². The summed E-state index contributed by atoms with van der Waals surface area (Å²) in [5.74, 6) is 1.16. The van der Waals surface area contributed by atoms with Crippen LogP contribution in [0.25, 0.3) is 0 Å². The van der Waals surface area contributed by atoms with Gasteiger partial charge in [0, 0.05) is 0 Å². The zero-order chi connectivity index (χ0) is 20.3. The molecule has 0 unspecified atom stereocenters. The lowest BCUT2D eigenvalue weighted by molar-refractivity contribution is -0.126. The third kappa shape index (κ3) is 3.30. The van der Waals surface area contributed by atoms with Crippen molar-refractivity contribution in [2.24, 2.45) is 0 Å². The van der Waals surface area contributed by atoms with E-state index in [4.69, 9.17) is 9.47 Å². The number of carbonyl (C=O) groups is 1. The first-order chi connectivity index (χ1) is 14.2. The van der Waals surface area contributed by atoms with Crippen molar-refractivity contribution in [2.75, 3.05) is 12.0 Å². The van der Waals surface area contributed by atoms with E-state index in [0.29, 0.717) is 23.8 Å². The summed E-state index contributed by atoms with van der Waals surface area (Å²) in [6.07, 6.45) is 0.131. The number of ether oxygens (including phenoxy) is 2. The number of rotatable bonds is 6. The fourth-order valence-electron chi connectivity index (χ4n) is 3.61. The van der Waals surface area contributed by atoms with Crippen LogP contribution in [0.1, 0.15) is 17.5 Å². The smallest absolute Gasteiger partial charge is 0.232 e. The van der Waals surface area contributed by atoms with Crippen molar-refractivity contribution in [1.82, 2.24) is 0 Å². The molecule has 1 amide bonds. The molecule has 3 aromatic rings. The van der Waals surface area contributed by atoms with Gasteiger partial charge in [0.05, 0.1) is 25.3 Å². The van der Waals surface area contributed by atoms with Crippen molar-refractivity contribution < 1.29 is 14.3 Å². The van der Waals surface area contributed by atoms with Crippen molar-refractivity contribution in [3.8, 4) is 17.6 Å². The quantitative estimate of drug-likeness (QED) is 0.590. The molecule has 1 saturated heterocycles. The van der Waals surface area contributed by atoms with E-state index < -0.39 is 5.54 Å². The number of hydrogen-bond donors (Lipinski definition) is 0. The molecule has 1 atom stereocenters. The van der Waals surface area contributed by atoms with Gasteiger partial charge in [-0.25, -0.2) is 0 Å². The Bertz CT molecular complexity index is 1060. The molecule has 0 bridgehead atoms. The predicted molar refractivity (Wildman–Crippen MR) is 110 cm³/mol. The highest BCUT2D eigenvalue weighted by Gasteiger charge is 2.54. The van der Waals surface area contributed by atoms with Crippen molar-refractivity contribution in [3.05, 3.63) is 90.0 Å². The monoisotopic (exact) mass is 384 g/mol. The number of nitrogens with zero attached hydrogens (tertiary/aromatic N) is 2. The number of amides is 1. The number of benzene rings is 3. The molecule has 5 nitrogen and oxygen atoms in total. The van der Waals surface area contributed by atoms with E-state index in [1.54, 1.807) is 19.2 Å². The standard InChI is InChI=1S/C24H20N2O3/c1-28-22-10-6-5-9-21(22)26-23(27)15-24(26,17-25)19-11-13-20(14-12-19)29-16-18-7-3-2-4-8-18/h2-14H,15-16H2,1H3/t24-/m1/s1. The molecule has 0 saturated carbocycles. The van der Waals surface area contributed by atoms with E-state index in [2.05, 4.69) is 6.07 Å². The van der Waals surface area contributed by atoms with Crippen molar-refractivity contribution >= 4 is 11.6 Å². The van der Waals surface area contributed by atoms with Gasteiger partial charge in [-0.05, 0) is 35.4 Å². The molecule has 1 aliphatic heterocycles. The first kappa shape index (κ1) is 18.6. The molecule has 1 heterocycles. The van der Waals surface area contributed by atoms with E-state index in [1.807, 2.05) is 66.7 Å². The van der Waals surface area contributed by atoms with E-state index >= 15 is 0 Å². The third-order valence-corrected chi connectivity index (χ3v) is 5.13. The second kappa shape index (κ2) is 7.69. The lowest BCUT2D eigenvalue weighted by atomic mass is 9.78. The Morgan fingerprint density at radius 2 is 1.69 bits per heavy atom. The van der Waals surface area contributed by atoms with E-state index in [1.165, 1.54) is 4.90 Å². The average Bonchev–Trinajstić information content (AvgIpc) is 2.77. The summed E-state index contributed by atoms with van der Waals surface area (Å²) < 4.78 is 11.2. The lowest BCUT2D eigenvalue weighted by Crippen LogP contribution is -2.61. The Morgan fingerprint density at radius 3 is 2.34 bits per heavy atom. The van der Waals surface area contributed by atoms with Gasteiger partial charge in [-0.15, -0.1) is 0 Å². The van der Waals surface area contributed by atoms with Gasteiger partial charge < -0.3 is 9.47 Å². The minimum absolute atomic E-state index is 0.111. The number of hydrogen-bond acceptors (Lipinski definition) is 4. The second-order valence-electron chi connectivity index (χ2n) is 6.85. The third-order valence-electron chi connectivity index (χ3n) is 5.13. The molecule has 1 aliphatic rings. The van der Waals surface area contributed by atoms with Crippen LogP contribution in [0.15, 0.2) is 78.9 Å². The molecule has 5 heteroatoms. The Morgan fingerprint density at radius 1 is 1.00 bits per heavy atom. The van der Waals surface area contributed by atoms with Crippen LogP contribution >= 0.6 is 0 Å². The van der Waals surface area contributed by atoms with Crippen molar-refractivity contribution in [3.63, 3.8) is 0 Å². The van der Waals surface area contributed by atoms with E-state index in [-0.39, 0.29) is 12.3 Å². The van der Waals surface area contributed by atoms with Gasteiger partial charge in [0.1, 0.15) is 18.1 Å². The van der Waals surface area contributed by atoms with Gasteiger partial charge >= 0.3 is 0 Å². The summed E-state index contributed by atoms with van der Waals surface area (Å²) in [6, 6.07) is 26.9. The molecule has 0 N–H and O–H groups in total. The molecule has 0 aromatic heterocycles. The maximum Gasteiger partial charge on any atom is 0.232 e. The first-order valence-corrected chi connectivity index (χ1v) is 9.32. The summed E-state index contributed by atoms with van der Waals surface area (Å²) in [5.41, 5.74) is 1.37. The average molecular weight is 384 g/mol. The molecule has 0 radical (unpaired) electrons. The number of anilines is 1. The number of β-lactam (4-membered cyclic amide) rings is 1. The summed E-state index contributed by atoms with van der Waals surface area (Å²) in [4.78, 5) is 14.0. The Kier molecular flexibility index (Phi) is 4.92. The molecule has 1 fully saturated rings. The van der Waals surface area contributed by atoms with Crippen LogP contribution in [-0.4, -0.2) is 13.0 Å². The zero-order valence-electron chi connectivity index (χ0n) is 16.0. The fraction of sp³-hybridized carbons (Fsp3) is 0.167. The van der Waals surface area contributed by atoms with Gasteiger partial charge in [-0.1, -0.05) is 54.6 Å². The maximum absolute atomic E-state index is 12.5. The second-order valence-corrected chi connectivity index (χ2v) is 6.85. The molecule has 29 heavy (non-hydrogen) atoms. The summed E-state index contributed by atoms with van der Waals surface area (Å²) in [6.45, 7) is 0.468. The molecule has 4 rings (SSSR count). The number of nitriles is 1. The molecular weight excluding hydrogens is 364 g/mol. The van der Waals surface area contributed by atoms with Crippen LogP contribution in [-0.2, 0) is 16.9 Å². The number of para-hydroxylation sites is 2. The predicted octanol–water partition coefficient (Wildman–Crippen LogP) is 4.43. The minimum atomic E-state index is -1.05. The van der Waals surface area contributed by atoms with Crippen LogP contribution in [0.2, 0.25) is 0 Å². The van der Waals surface area contributed by atoms with Gasteiger partial charge in [0.15, 0.2) is 5.54 Å². The lowest BCUT2D eigenvalue weighted by Gasteiger charge is -2.47. The number of carbonyl (C=O) groups excluding carboxylic acids is 1. The van der Waals surface area contributed by atoms with Gasteiger partial charge in [0.25, 0.3) is 0 Å². The van der Waals surface area contributed by atoms with Crippen LogP contribution in [0.5, 0.6) is 11.5 Å². The minimum Gasteiger partial charge on any atom is -0.495 e. The van der Waals surface area contributed by atoms with Crippen LogP contribution in [0.3, 0.4) is 0 Å². The topological polar surface area (TPSA) is 62.6 Å². The molecule has 0 aliphatic carbocycles. The summed E-state index contributed by atoms with van der Waals surface area (Å²) in [7, 11) is 1.55. The van der Waals surface area contributed by atoms with E-state index in [0.717, 1.165) is 11.1 Å². The molecule has 0 spiro atoms. The SMILES string of the molecule is COc1ccccc1N1C(=O)C[C@@]1(C#N)c1ccc(OCc2ccccc2)cc1. The van der Waals surface area contributed by atoms with E-state index in [9.17, 15) is 10.1 Å². The Labute approximate surface area is 169 Å². The largest absolute Gasteiger partial charge is 0.495 e. The zero-order valence-corrected chi connectivity index (χ0v) is 16.0. The summed E-state index contributed by atoms with van der Waals surface area (Å²) >= 11 is 0. The normalized spacial score (nSPS) is 17.9. The highest BCUT2D eigenvalue weighted by atomic mass is 16.5. The Balaban J connectivity index is 1.59. The molecular formula is C24H20N2O3. The number of methoxy groups -OCH3 is 1. The van der Waals surface area contributed by atoms with Crippen LogP contribution < -0.4 is 14.4 Å². The Hall–Kier alpha value is -3.78. The van der Waals surface area contributed by atoms with Gasteiger partial charge in [-0.2, -0.15) is 5.26 Å². The van der Waals surface area contributed by atoms with Gasteiger partial charge in [-0.3, -0.25) is 9.69 Å². The van der Waals surface area contributed by atoms with Crippen molar-refractivity contribution in [2.45, 2.75) is 18.6 Å². The molecule has 3 aromatic carbocycles. The highest BCUT2D eigenvalue weighted by Crippen LogP contribution is 2.47. The molecule has 144 valence electrons. The highest BCUT2D eigenvalue weighted by molar-refractivity contribution is 6.05. The fourth-order valence-corrected chi connectivity index (χ4v) is 3.61. The van der Waals surface area contributed by atoms with Crippen LogP contribution in [0, 0.1) is 11.3 Å². The van der Waals surface area contributed by atoms with Gasteiger partial charge in [0.2, 0.25) is 5.91 Å². The summed E-state index contributed by atoms with van der Waals surface area (Å²) in [5, 5.41) is 10.0.